The second-order valence-electron chi connectivity index (χ2n) is 8.16. The van der Waals surface area contributed by atoms with Gasteiger partial charge in [-0.2, -0.15) is 0 Å². The molecular formula is C24H32N6O3. The van der Waals surface area contributed by atoms with Crippen LogP contribution in [0.3, 0.4) is 0 Å². The van der Waals surface area contributed by atoms with Gasteiger partial charge in [-0.15, -0.1) is 0 Å². The Morgan fingerprint density at radius 2 is 1.88 bits per heavy atom. The molecule has 0 saturated carbocycles. The zero-order chi connectivity index (χ0) is 23.0. The van der Waals surface area contributed by atoms with Gasteiger partial charge in [-0.25, -0.2) is 15.0 Å². The van der Waals surface area contributed by atoms with E-state index in [0.717, 1.165) is 37.2 Å². The summed E-state index contributed by atoms with van der Waals surface area (Å²) in [5.74, 6) is 0.882. The van der Waals surface area contributed by atoms with Gasteiger partial charge < -0.3 is 19.7 Å². The first-order chi connectivity index (χ1) is 16.2. The van der Waals surface area contributed by atoms with Crippen molar-refractivity contribution in [3.8, 4) is 17.0 Å². The van der Waals surface area contributed by atoms with E-state index in [-0.39, 0.29) is 5.56 Å². The van der Waals surface area contributed by atoms with E-state index in [9.17, 15) is 4.79 Å². The maximum atomic E-state index is 13.3. The second kappa shape index (κ2) is 11.2. The van der Waals surface area contributed by atoms with Gasteiger partial charge >= 0.3 is 0 Å². The molecule has 0 bridgehead atoms. The lowest BCUT2D eigenvalue weighted by molar-refractivity contribution is 0.127. The van der Waals surface area contributed by atoms with Crippen LogP contribution in [0.15, 0.2) is 35.4 Å². The van der Waals surface area contributed by atoms with Crippen LogP contribution in [0.5, 0.6) is 5.88 Å². The Hall–Kier alpha value is -3.04. The molecule has 0 atom stereocenters. The Morgan fingerprint density at radius 3 is 2.61 bits per heavy atom. The highest BCUT2D eigenvalue weighted by atomic mass is 16.5. The number of methoxy groups -OCH3 is 1. The van der Waals surface area contributed by atoms with Crippen molar-refractivity contribution in [1.29, 1.82) is 0 Å². The smallest absolute Gasteiger partial charge is 0.293 e. The number of nitrogens with zero attached hydrogens (tertiary/aromatic N) is 5. The summed E-state index contributed by atoms with van der Waals surface area (Å²) in [5, 5.41) is 3.24. The Bertz CT molecular complexity index is 1110. The quantitative estimate of drug-likeness (QED) is 0.444. The summed E-state index contributed by atoms with van der Waals surface area (Å²) < 4.78 is 12.5. The van der Waals surface area contributed by atoms with Crippen LogP contribution in [0, 0.1) is 0 Å². The highest BCUT2D eigenvalue weighted by molar-refractivity contribution is 5.78. The molecule has 1 aliphatic rings. The monoisotopic (exact) mass is 452 g/mol. The Morgan fingerprint density at radius 1 is 1.06 bits per heavy atom. The van der Waals surface area contributed by atoms with E-state index in [1.54, 1.807) is 30.1 Å². The summed E-state index contributed by atoms with van der Waals surface area (Å²) >= 11 is 0. The molecule has 3 aromatic heterocycles. The molecule has 4 rings (SSSR count). The lowest BCUT2D eigenvalue weighted by atomic mass is 10.1. The summed E-state index contributed by atoms with van der Waals surface area (Å²) in [7, 11) is 1.58. The van der Waals surface area contributed by atoms with Gasteiger partial charge in [0.15, 0.2) is 11.5 Å². The predicted octanol–water partition coefficient (Wildman–Crippen LogP) is 2.80. The third-order valence-electron chi connectivity index (χ3n) is 5.81. The molecule has 1 fully saturated rings. The van der Waals surface area contributed by atoms with Crippen LogP contribution in [0.25, 0.3) is 22.3 Å². The normalized spacial score (nSPS) is 14.1. The molecule has 176 valence electrons. The lowest BCUT2D eigenvalue weighted by Gasteiger charge is -2.16. The molecule has 1 aliphatic heterocycles. The molecule has 0 aliphatic carbocycles. The van der Waals surface area contributed by atoms with Gasteiger partial charge in [0.05, 0.1) is 19.2 Å². The molecule has 0 aromatic carbocycles. The standard InChI is InChI=1S/C24H32N6O3/c1-3-13-33-14-12-30-20-15-19(18-6-7-21(32-2)26-16-18)17-27-22(20)28-23(24(30)31)25-8-11-29-9-4-5-10-29/h6-7,15-17H,3-5,8-14H2,1-2H3,(H,25,27,28). The third kappa shape index (κ3) is 5.66. The fourth-order valence-electron chi connectivity index (χ4n) is 4.03. The number of likely N-dealkylation sites (tertiary alicyclic amines) is 1. The topological polar surface area (TPSA) is 94.4 Å². The minimum atomic E-state index is -0.157. The number of fused-ring (bicyclic) bond motifs is 1. The maximum Gasteiger partial charge on any atom is 0.293 e. The van der Waals surface area contributed by atoms with E-state index in [4.69, 9.17) is 9.47 Å². The molecule has 3 aromatic rings. The summed E-state index contributed by atoms with van der Waals surface area (Å²) in [6, 6.07) is 5.66. The van der Waals surface area contributed by atoms with Crippen LogP contribution in [0.2, 0.25) is 0 Å². The summed E-state index contributed by atoms with van der Waals surface area (Å²) in [6.07, 6.45) is 6.92. The van der Waals surface area contributed by atoms with Crippen molar-refractivity contribution in [2.75, 3.05) is 51.8 Å². The molecular weight excluding hydrogens is 420 g/mol. The number of hydrogen-bond acceptors (Lipinski definition) is 8. The van der Waals surface area contributed by atoms with Crippen molar-refractivity contribution in [1.82, 2.24) is 24.4 Å². The molecule has 0 amide bonds. The van der Waals surface area contributed by atoms with Crippen LogP contribution in [-0.4, -0.2) is 70.9 Å². The van der Waals surface area contributed by atoms with Crippen molar-refractivity contribution in [3.05, 3.63) is 40.9 Å². The van der Waals surface area contributed by atoms with Crippen molar-refractivity contribution >= 4 is 17.0 Å². The van der Waals surface area contributed by atoms with E-state index in [0.29, 0.717) is 49.2 Å². The van der Waals surface area contributed by atoms with E-state index in [1.165, 1.54) is 12.8 Å². The lowest BCUT2D eigenvalue weighted by Crippen LogP contribution is -2.31. The van der Waals surface area contributed by atoms with Gasteiger partial charge in [0.2, 0.25) is 5.88 Å². The van der Waals surface area contributed by atoms with Crippen molar-refractivity contribution < 1.29 is 9.47 Å². The van der Waals surface area contributed by atoms with Crippen LogP contribution in [0.1, 0.15) is 26.2 Å². The molecule has 1 saturated heterocycles. The van der Waals surface area contributed by atoms with Crippen molar-refractivity contribution in [2.24, 2.45) is 0 Å². The minimum absolute atomic E-state index is 0.157. The van der Waals surface area contributed by atoms with E-state index in [1.807, 2.05) is 12.1 Å². The largest absolute Gasteiger partial charge is 0.481 e. The highest BCUT2D eigenvalue weighted by Gasteiger charge is 2.15. The number of ether oxygens (including phenoxy) is 2. The SMILES string of the molecule is CCCOCCn1c(=O)c(NCCN2CCCC2)nc2ncc(-c3ccc(OC)nc3)cc21. The molecule has 9 heteroatoms. The van der Waals surface area contributed by atoms with Gasteiger partial charge in [0, 0.05) is 55.8 Å². The van der Waals surface area contributed by atoms with Crippen LogP contribution >= 0.6 is 0 Å². The average Bonchev–Trinajstić information content (AvgIpc) is 3.37. The van der Waals surface area contributed by atoms with E-state index < -0.39 is 0 Å². The zero-order valence-electron chi connectivity index (χ0n) is 19.4. The van der Waals surface area contributed by atoms with Crippen LogP contribution in [0.4, 0.5) is 5.82 Å². The van der Waals surface area contributed by atoms with Crippen LogP contribution in [-0.2, 0) is 11.3 Å². The average molecular weight is 453 g/mol. The molecule has 0 radical (unpaired) electrons. The summed E-state index contributed by atoms with van der Waals surface area (Å²) in [4.78, 5) is 29.1. The van der Waals surface area contributed by atoms with Crippen molar-refractivity contribution in [3.63, 3.8) is 0 Å². The van der Waals surface area contributed by atoms with E-state index in [2.05, 4.69) is 32.1 Å². The van der Waals surface area contributed by atoms with Gasteiger partial charge in [-0.3, -0.25) is 9.36 Å². The molecule has 33 heavy (non-hydrogen) atoms. The summed E-state index contributed by atoms with van der Waals surface area (Å²) in [6.45, 7) is 7.44. The minimum Gasteiger partial charge on any atom is -0.481 e. The number of rotatable bonds is 11. The summed E-state index contributed by atoms with van der Waals surface area (Å²) in [5.41, 5.74) is 2.80. The molecule has 4 heterocycles. The van der Waals surface area contributed by atoms with E-state index >= 15 is 0 Å². The maximum absolute atomic E-state index is 13.3. The first-order valence-corrected chi connectivity index (χ1v) is 11.6. The molecule has 9 nitrogen and oxygen atoms in total. The van der Waals surface area contributed by atoms with Gasteiger partial charge in [0.25, 0.3) is 5.56 Å². The number of nitrogens with one attached hydrogen (secondary N) is 1. The van der Waals surface area contributed by atoms with Crippen molar-refractivity contribution in [2.45, 2.75) is 32.7 Å². The number of hydrogen-bond donors (Lipinski definition) is 1. The number of anilines is 1. The predicted molar refractivity (Wildman–Crippen MR) is 129 cm³/mol. The van der Waals surface area contributed by atoms with Gasteiger partial charge in [0.1, 0.15) is 0 Å². The number of aromatic nitrogens is 4. The Labute approximate surface area is 193 Å². The Kier molecular flexibility index (Phi) is 7.85. The van der Waals surface area contributed by atoms with Gasteiger partial charge in [-0.05, 0) is 44.5 Å². The first-order valence-electron chi connectivity index (χ1n) is 11.6. The number of pyridine rings is 2. The second-order valence-corrected chi connectivity index (χ2v) is 8.16. The van der Waals surface area contributed by atoms with Crippen LogP contribution < -0.4 is 15.6 Å². The zero-order valence-corrected chi connectivity index (χ0v) is 19.4. The third-order valence-corrected chi connectivity index (χ3v) is 5.81. The fourth-order valence-corrected chi connectivity index (χ4v) is 4.03. The Balaban J connectivity index is 1.63. The molecule has 0 spiro atoms. The molecule has 1 N–H and O–H groups in total. The van der Waals surface area contributed by atoms with Gasteiger partial charge in [-0.1, -0.05) is 6.92 Å². The highest BCUT2D eigenvalue weighted by Crippen LogP contribution is 2.23. The fraction of sp³-hybridized carbons (Fsp3) is 0.500. The first kappa shape index (κ1) is 23.1. The molecule has 0 unspecified atom stereocenters.